The smallest absolute Gasteiger partial charge is 0.485 e. The van der Waals surface area contributed by atoms with Crippen molar-refractivity contribution in [3.63, 3.8) is 0 Å². The van der Waals surface area contributed by atoms with Crippen molar-refractivity contribution < 1.29 is 30.7 Å². The third-order valence-corrected chi connectivity index (χ3v) is 7.98. The van der Waals surface area contributed by atoms with E-state index < -0.39 is 15.6 Å². The second kappa shape index (κ2) is 16.0. The Morgan fingerprint density at radius 2 is 1.21 bits per heavy atom. The summed E-state index contributed by atoms with van der Waals surface area (Å²) in [6, 6.07) is 18.2. The number of anilines is 1. The molecule has 0 saturated carbocycles. The lowest BCUT2D eigenvalue weighted by molar-refractivity contribution is -0.671. The van der Waals surface area contributed by atoms with Gasteiger partial charge in [-0.05, 0) is 42.7 Å². The number of aryl methyl sites for hydroxylation is 1. The summed E-state index contributed by atoms with van der Waals surface area (Å²) in [5.74, 6) is 0. The zero-order chi connectivity index (χ0) is 28.9. The molecule has 1 aromatic carbocycles. The molecular weight excluding hydrogens is 545 g/mol. The maximum absolute atomic E-state index is 10.7. The first-order chi connectivity index (χ1) is 18.5. The van der Waals surface area contributed by atoms with E-state index in [9.17, 15) is 13.2 Å². The summed E-state index contributed by atoms with van der Waals surface area (Å²) < 4.78 is 61.0. The number of pyridine rings is 1. The molecule has 0 N–H and O–H groups in total. The zero-order valence-electron chi connectivity index (χ0n) is 22.9. The normalized spacial score (nSPS) is 11.7. The van der Waals surface area contributed by atoms with Crippen LogP contribution in [0.3, 0.4) is 0 Å². The Morgan fingerprint density at radius 3 is 1.62 bits per heavy atom. The Bertz CT molecular complexity index is 1200. The summed E-state index contributed by atoms with van der Waals surface area (Å²) in [5.41, 5.74) is -1.66. The first-order valence-corrected chi connectivity index (χ1v) is 15.6. The summed E-state index contributed by atoms with van der Waals surface area (Å²) >= 11 is 1.88. The van der Waals surface area contributed by atoms with E-state index in [1.807, 2.05) is 11.3 Å². The molecule has 216 valence electrons. The number of thiophene rings is 1. The maximum Gasteiger partial charge on any atom is 0.485 e. The topological polar surface area (TPSA) is 64.3 Å². The van der Waals surface area contributed by atoms with Gasteiger partial charge < -0.3 is 9.45 Å². The van der Waals surface area contributed by atoms with E-state index in [1.165, 1.54) is 91.0 Å². The lowest BCUT2D eigenvalue weighted by Gasteiger charge is -2.25. The highest BCUT2D eigenvalue weighted by Gasteiger charge is 2.36. The van der Waals surface area contributed by atoms with Gasteiger partial charge in [0.1, 0.15) is 7.05 Å². The van der Waals surface area contributed by atoms with Crippen molar-refractivity contribution in [2.45, 2.75) is 70.7 Å². The van der Waals surface area contributed by atoms with Gasteiger partial charge in [0.2, 0.25) is 0 Å². The van der Waals surface area contributed by atoms with Crippen molar-refractivity contribution in [2.24, 2.45) is 7.05 Å². The molecule has 10 heteroatoms. The van der Waals surface area contributed by atoms with Gasteiger partial charge in [-0.2, -0.15) is 13.2 Å². The number of rotatable bonds is 13. The molecule has 0 aliphatic heterocycles. The van der Waals surface area contributed by atoms with Gasteiger partial charge in [-0.25, -0.2) is 13.0 Å². The highest BCUT2D eigenvalue weighted by atomic mass is 32.2. The van der Waals surface area contributed by atoms with Crippen LogP contribution in [0.1, 0.15) is 65.2 Å². The predicted molar refractivity (Wildman–Crippen MR) is 153 cm³/mol. The molecule has 39 heavy (non-hydrogen) atoms. The quantitative estimate of drug-likeness (QED) is 0.0886. The van der Waals surface area contributed by atoms with Crippen molar-refractivity contribution >= 4 is 27.1 Å². The lowest BCUT2D eigenvalue weighted by atomic mass is 10.1. The molecular formula is C29H39F3N2O3S2. The average Bonchev–Trinajstić information content (AvgIpc) is 3.38. The van der Waals surface area contributed by atoms with Crippen molar-refractivity contribution in [3.8, 4) is 20.9 Å². The first-order valence-electron chi connectivity index (χ1n) is 13.4. The largest absolute Gasteiger partial charge is 0.741 e. The van der Waals surface area contributed by atoms with E-state index in [0.717, 1.165) is 0 Å². The Labute approximate surface area is 235 Å². The van der Waals surface area contributed by atoms with Gasteiger partial charge >= 0.3 is 5.51 Å². The molecule has 0 unspecified atom stereocenters. The van der Waals surface area contributed by atoms with Gasteiger partial charge in [0.05, 0.1) is 0 Å². The second-order valence-electron chi connectivity index (χ2n) is 9.47. The number of nitrogens with zero attached hydrogens (tertiary/aromatic N) is 2. The Morgan fingerprint density at radius 1 is 0.769 bits per heavy atom. The molecule has 0 fully saturated rings. The van der Waals surface area contributed by atoms with Gasteiger partial charge in [-0.3, -0.25) is 0 Å². The maximum atomic E-state index is 10.7. The van der Waals surface area contributed by atoms with Gasteiger partial charge in [0.15, 0.2) is 22.5 Å². The number of hydrogen-bond donors (Lipinski definition) is 0. The van der Waals surface area contributed by atoms with Gasteiger partial charge in [-0.15, -0.1) is 11.3 Å². The SMILES string of the molecule is CCCCCCN(CCCCCC)c1ccc(-c2ccc(-c3cc[n+](C)cc3)s2)cc1.O=S(=O)([O-])C(F)(F)F. The Hall–Kier alpha value is -2.43. The van der Waals surface area contributed by atoms with Crippen LogP contribution in [0.5, 0.6) is 0 Å². The molecule has 2 heterocycles. The minimum absolute atomic E-state index is 1.18. The molecule has 0 spiro atoms. The molecule has 3 rings (SSSR count). The van der Waals surface area contributed by atoms with E-state index in [1.54, 1.807) is 0 Å². The van der Waals surface area contributed by atoms with Crippen LogP contribution < -0.4 is 9.47 Å². The number of halogens is 3. The van der Waals surface area contributed by atoms with Crippen LogP contribution in [-0.4, -0.2) is 31.6 Å². The van der Waals surface area contributed by atoms with Crippen LogP contribution in [-0.2, 0) is 17.2 Å². The second-order valence-corrected chi connectivity index (χ2v) is 11.9. The molecule has 0 aliphatic carbocycles. The number of alkyl halides is 3. The van der Waals surface area contributed by atoms with E-state index >= 15 is 0 Å². The van der Waals surface area contributed by atoms with E-state index in [2.05, 4.69) is 91.3 Å². The van der Waals surface area contributed by atoms with Crippen LogP contribution in [0.2, 0.25) is 0 Å². The van der Waals surface area contributed by atoms with Crippen LogP contribution in [0.15, 0.2) is 60.9 Å². The molecule has 3 aromatic rings. The van der Waals surface area contributed by atoms with Crippen LogP contribution in [0.25, 0.3) is 20.9 Å². The van der Waals surface area contributed by atoms with E-state index in [-0.39, 0.29) is 0 Å². The van der Waals surface area contributed by atoms with Gasteiger partial charge in [0, 0.05) is 46.2 Å². The number of unbranched alkanes of at least 4 members (excludes halogenated alkanes) is 6. The van der Waals surface area contributed by atoms with Gasteiger partial charge in [-0.1, -0.05) is 64.5 Å². The highest BCUT2D eigenvalue weighted by molar-refractivity contribution is 7.86. The lowest BCUT2D eigenvalue weighted by Crippen LogP contribution is -2.25. The van der Waals surface area contributed by atoms with Crippen LogP contribution >= 0.6 is 11.3 Å². The minimum Gasteiger partial charge on any atom is -0.741 e. The molecule has 0 saturated heterocycles. The summed E-state index contributed by atoms with van der Waals surface area (Å²) in [4.78, 5) is 5.28. The van der Waals surface area contributed by atoms with Crippen molar-refractivity contribution in [1.82, 2.24) is 0 Å². The third-order valence-electron chi connectivity index (χ3n) is 6.23. The van der Waals surface area contributed by atoms with Crippen molar-refractivity contribution in [3.05, 3.63) is 60.9 Å². The molecule has 2 aromatic heterocycles. The number of aromatic nitrogens is 1. The van der Waals surface area contributed by atoms with Crippen molar-refractivity contribution in [2.75, 3.05) is 18.0 Å². The first kappa shape index (κ1) is 32.8. The third kappa shape index (κ3) is 11.3. The summed E-state index contributed by atoms with van der Waals surface area (Å²) in [6.07, 6.45) is 14.8. The van der Waals surface area contributed by atoms with E-state index in [0.29, 0.717) is 0 Å². The molecule has 0 aliphatic rings. The molecule has 0 radical (unpaired) electrons. The average molecular weight is 585 g/mol. The Balaban J connectivity index is 0.000000580. The predicted octanol–water partition coefficient (Wildman–Crippen LogP) is 7.93. The fourth-order valence-electron chi connectivity index (χ4n) is 3.98. The number of benzene rings is 1. The molecule has 0 bridgehead atoms. The fourth-order valence-corrected chi connectivity index (χ4v) is 5.00. The standard InChI is InChI=1S/C28H39N2S.CHF3O3S/c1-4-6-8-10-20-30(21-11-9-7-5-2)26-14-12-24(13-15-26)27-16-17-28(31-27)25-18-22-29(3)23-19-25;2-1(3,4)8(5,6)7/h12-19,22-23H,4-11,20-21H2,1-3H3;(H,5,6,7)/q+1;/p-1. The monoisotopic (exact) mass is 584 g/mol. The fraction of sp³-hybridized carbons (Fsp3) is 0.483. The summed E-state index contributed by atoms with van der Waals surface area (Å²) in [6.45, 7) is 6.93. The van der Waals surface area contributed by atoms with Gasteiger partial charge in [0.25, 0.3) is 0 Å². The summed E-state index contributed by atoms with van der Waals surface area (Å²) in [7, 11) is -4.03. The minimum atomic E-state index is -6.09. The van der Waals surface area contributed by atoms with Crippen LogP contribution in [0, 0.1) is 0 Å². The van der Waals surface area contributed by atoms with E-state index in [4.69, 9.17) is 13.0 Å². The zero-order valence-corrected chi connectivity index (χ0v) is 24.5. The molecule has 0 atom stereocenters. The number of hydrogen-bond acceptors (Lipinski definition) is 5. The van der Waals surface area contributed by atoms with Crippen molar-refractivity contribution in [1.29, 1.82) is 0 Å². The summed E-state index contributed by atoms with van der Waals surface area (Å²) in [5, 5.41) is 0. The van der Waals surface area contributed by atoms with Crippen LogP contribution in [0.4, 0.5) is 18.9 Å². The Kier molecular flexibility index (Phi) is 13.4. The highest BCUT2D eigenvalue weighted by Crippen LogP contribution is 2.35. The molecule has 0 amide bonds. The molecule has 5 nitrogen and oxygen atoms in total.